The van der Waals surface area contributed by atoms with Crippen LogP contribution >= 0.6 is 11.8 Å². The van der Waals surface area contributed by atoms with E-state index in [1.54, 1.807) is 11.8 Å². The van der Waals surface area contributed by atoms with Crippen LogP contribution in [0.4, 0.5) is 4.39 Å². The molecule has 3 nitrogen and oxygen atoms in total. The number of nitrogens with zero attached hydrogens (tertiary/aromatic N) is 1. The first-order valence-electron chi connectivity index (χ1n) is 4.65. The molecule has 1 amide bonds. The van der Waals surface area contributed by atoms with E-state index in [0.29, 0.717) is 17.9 Å². The summed E-state index contributed by atoms with van der Waals surface area (Å²) in [6.07, 6.45) is 6.28. The number of aromatic nitrogens is 1. The topological polar surface area (TPSA) is 42.0 Å². The highest BCUT2D eigenvalue weighted by molar-refractivity contribution is 7.99. The summed E-state index contributed by atoms with van der Waals surface area (Å²) >= 11 is 1.57. The summed E-state index contributed by atoms with van der Waals surface area (Å²) in [4.78, 5) is 14.9. The van der Waals surface area contributed by atoms with Crippen molar-refractivity contribution in [3.8, 4) is 12.3 Å². The summed E-state index contributed by atoms with van der Waals surface area (Å²) in [5, 5.41) is 2.69. The quantitative estimate of drug-likeness (QED) is 0.478. The number of terminal acetylenes is 1. The molecule has 0 spiro atoms. The predicted octanol–water partition coefficient (Wildman–Crippen LogP) is 1.32. The number of thioether (sulfide) groups is 1. The lowest BCUT2D eigenvalue weighted by molar-refractivity contribution is 0.0955. The van der Waals surface area contributed by atoms with Crippen LogP contribution in [0.5, 0.6) is 0 Å². The molecule has 0 saturated carbocycles. The van der Waals surface area contributed by atoms with Crippen LogP contribution in [0, 0.1) is 18.3 Å². The maximum Gasteiger partial charge on any atom is 0.252 e. The summed E-state index contributed by atoms with van der Waals surface area (Å²) in [7, 11) is 0. The van der Waals surface area contributed by atoms with E-state index in [1.165, 1.54) is 12.3 Å². The minimum Gasteiger partial charge on any atom is -0.351 e. The number of carbonyl (C=O) groups excluding carboxylic acids is 1. The Kier molecular flexibility index (Phi) is 5.37. The molecule has 1 aromatic heterocycles. The fourth-order valence-corrected chi connectivity index (χ4v) is 1.49. The Morgan fingerprint density at radius 2 is 2.44 bits per heavy atom. The molecule has 1 N–H and O–H groups in total. The van der Waals surface area contributed by atoms with Crippen molar-refractivity contribution in [2.24, 2.45) is 0 Å². The molecule has 0 saturated heterocycles. The number of rotatable bonds is 5. The van der Waals surface area contributed by atoms with Gasteiger partial charge in [-0.15, -0.1) is 18.2 Å². The molecular weight excluding hydrogens is 227 g/mol. The van der Waals surface area contributed by atoms with Gasteiger partial charge in [0.05, 0.1) is 11.3 Å². The van der Waals surface area contributed by atoms with Crippen molar-refractivity contribution in [1.82, 2.24) is 10.3 Å². The first-order valence-corrected chi connectivity index (χ1v) is 5.80. The Balaban J connectivity index is 2.30. The van der Waals surface area contributed by atoms with E-state index in [1.807, 2.05) is 0 Å². The zero-order valence-electron chi connectivity index (χ0n) is 8.57. The lowest BCUT2D eigenvalue weighted by Gasteiger charge is -2.03. The first kappa shape index (κ1) is 12.5. The summed E-state index contributed by atoms with van der Waals surface area (Å²) in [6, 6.07) is 2.55. The van der Waals surface area contributed by atoms with Crippen molar-refractivity contribution in [3.63, 3.8) is 0 Å². The number of hydrogen-bond donors (Lipinski definition) is 1. The Morgan fingerprint density at radius 1 is 1.62 bits per heavy atom. The molecule has 84 valence electrons. The molecule has 0 aromatic carbocycles. The third-order valence-electron chi connectivity index (χ3n) is 1.71. The monoisotopic (exact) mass is 238 g/mol. The third-order valence-corrected chi connectivity index (χ3v) is 2.57. The average Bonchev–Trinajstić information content (AvgIpc) is 2.29. The molecule has 0 radical (unpaired) electrons. The number of hydrogen-bond acceptors (Lipinski definition) is 3. The first-order chi connectivity index (χ1) is 7.74. The number of pyridine rings is 1. The molecule has 0 unspecified atom stereocenters. The van der Waals surface area contributed by atoms with Crippen LogP contribution in [-0.2, 0) is 0 Å². The third kappa shape index (κ3) is 4.32. The number of halogens is 1. The molecule has 0 fully saturated rings. The fraction of sp³-hybridized carbons (Fsp3) is 0.273. The molecule has 0 bridgehead atoms. The molecule has 0 atom stereocenters. The van der Waals surface area contributed by atoms with Gasteiger partial charge in [0.1, 0.15) is 0 Å². The van der Waals surface area contributed by atoms with E-state index in [0.717, 1.165) is 11.8 Å². The Bertz CT molecular complexity index is 386. The van der Waals surface area contributed by atoms with Gasteiger partial charge in [-0.1, -0.05) is 5.92 Å². The van der Waals surface area contributed by atoms with Gasteiger partial charge in [0.15, 0.2) is 0 Å². The van der Waals surface area contributed by atoms with Gasteiger partial charge in [0.25, 0.3) is 5.91 Å². The number of nitrogens with one attached hydrogen (secondary N) is 1. The van der Waals surface area contributed by atoms with Crippen LogP contribution in [0.3, 0.4) is 0 Å². The second kappa shape index (κ2) is 6.85. The number of carbonyl (C=O) groups is 1. The SMILES string of the molecule is C#CCSCCNC(=O)c1ccc(F)nc1. The van der Waals surface area contributed by atoms with Crippen molar-refractivity contribution in [3.05, 3.63) is 29.8 Å². The van der Waals surface area contributed by atoms with Crippen LogP contribution in [0.1, 0.15) is 10.4 Å². The molecule has 1 heterocycles. The summed E-state index contributed by atoms with van der Waals surface area (Å²) in [5.74, 6) is 3.03. The molecule has 16 heavy (non-hydrogen) atoms. The van der Waals surface area contributed by atoms with E-state index in [9.17, 15) is 9.18 Å². The fourth-order valence-electron chi connectivity index (χ4n) is 0.980. The van der Waals surface area contributed by atoms with E-state index >= 15 is 0 Å². The van der Waals surface area contributed by atoms with Gasteiger partial charge in [0, 0.05) is 18.5 Å². The van der Waals surface area contributed by atoms with Crippen LogP contribution in [0.25, 0.3) is 0 Å². The Hall–Kier alpha value is -1.54. The van der Waals surface area contributed by atoms with Gasteiger partial charge in [-0.05, 0) is 12.1 Å². The van der Waals surface area contributed by atoms with Crippen LogP contribution < -0.4 is 5.32 Å². The van der Waals surface area contributed by atoms with Gasteiger partial charge in [-0.2, -0.15) is 4.39 Å². The zero-order valence-corrected chi connectivity index (χ0v) is 9.39. The molecule has 1 aromatic rings. The molecule has 0 aliphatic rings. The largest absolute Gasteiger partial charge is 0.351 e. The minimum absolute atomic E-state index is 0.256. The van der Waals surface area contributed by atoms with E-state index in [-0.39, 0.29) is 5.91 Å². The summed E-state index contributed by atoms with van der Waals surface area (Å²) in [5.41, 5.74) is 0.350. The predicted molar refractivity (Wildman–Crippen MR) is 62.7 cm³/mol. The van der Waals surface area contributed by atoms with Crippen molar-refractivity contribution >= 4 is 17.7 Å². The Morgan fingerprint density at radius 3 is 3.06 bits per heavy atom. The second-order valence-electron chi connectivity index (χ2n) is 2.88. The molecule has 1 rings (SSSR count). The van der Waals surface area contributed by atoms with Crippen molar-refractivity contribution < 1.29 is 9.18 Å². The van der Waals surface area contributed by atoms with Gasteiger partial charge in [-0.3, -0.25) is 4.79 Å². The maximum atomic E-state index is 12.5. The van der Waals surface area contributed by atoms with E-state index < -0.39 is 5.95 Å². The standard InChI is InChI=1S/C11H11FN2OS/c1-2-6-16-7-5-13-11(15)9-3-4-10(12)14-8-9/h1,3-4,8H,5-7H2,(H,13,15). The van der Waals surface area contributed by atoms with Crippen molar-refractivity contribution in [1.29, 1.82) is 0 Å². The van der Waals surface area contributed by atoms with Crippen molar-refractivity contribution in [2.75, 3.05) is 18.1 Å². The lowest BCUT2D eigenvalue weighted by Crippen LogP contribution is -2.25. The molecule has 0 aliphatic heterocycles. The Labute approximate surface area is 97.8 Å². The maximum absolute atomic E-state index is 12.5. The minimum atomic E-state index is -0.596. The van der Waals surface area contributed by atoms with Gasteiger partial charge in [0.2, 0.25) is 5.95 Å². The molecule has 5 heteroatoms. The van der Waals surface area contributed by atoms with Gasteiger partial charge < -0.3 is 5.32 Å². The number of amides is 1. The van der Waals surface area contributed by atoms with Crippen LogP contribution in [0.15, 0.2) is 18.3 Å². The normalized spacial score (nSPS) is 9.50. The van der Waals surface area contributed by atoms with Gasteiger partial charge >= 0.3 is 0 Å². The highest BCUT2D eigenvalue weighted by atomic mass is 32.2. The van der Waals surface area contributed by atoms with E-state index in [2.05, 4.69) is 16.2 Å². The van der Waals surface area contributed by atoms with Crippen molar-refractivity contribution in [2.45, 2.75) is 0 Å². The second-order valence-corrected chi connectivity index (χ2v) is 3.99. The molecule has 0 aliphatic carbocycles. The van der Waals surface area contributed by atoms with Gasteiger partial charge in [-0.25, -0.2) is 4.98 Å². The summed E-state index contributed by atoms with van der Waals surface area (Å²) in [6.45, 7) is 0.530. The smallest absolute Gasteiger partial charge is 0.252 e. The summed E-state index contributed by atoms with van der Waals surface area (Å²) < 4.78 is 12.5. The highest BCUT2D eigenvalue weighted by Crippen LogP contribution is 1.99. The van der Waals surface area contributed by atoms with Crippen LogP contribution in [-0.4, -0.2) is 28.9 Å². The zero-order chi connectivity index (χ0) is 11.8. The average molecular weight is 238 g/mol. The van der Waals surface area contributed by atoms with Crippen LogP contribution in [0.2, 0.25) is 0 Å². The lowest BCUT2D eigenvalue weighted by atomic mass is 10.3. The highest BCUT2D eigenvalue weighted by Gasteiger charge is 2.04. The molecular formula is C11H11FN2OS. The van der Waals surface area contributed by atoms with E-state index in [4.69, 9.17) is 6.42 Å².